The number of rotatable bonds is 7. The molecular formula is C16H22OS. The number of aliphatic hydroxyl groups is 1. The average Bonchev–Trinajstić information content (AvgIpc) is 2.82. The lowest BCUT2D eigenvalue weighted by molar-refractivity contribution is 0.167. The maximum Gasteiger partial charge on any atom is 0.0882 e. The van der Waals surface area contributed by atoms with Crippen LogP contribution in [0, 0.1) is 0 Å². The highest BCUT2D eigenvalue weighted by molar-refractivity contribution is 7.19. The van der Waals surface area contributed by atoms with Gasteiger partial charge in [0.05, 0.1) is 6.10 Å². The largest absolute Gasteiger partial charge is 0.388 e. The minimum Gasteiger partial charge on any atom is -0.388 e. The molecule has 1 nitrogen and oxygen atoms in total. The molecule has 98 valence electrons. The Hall–Kier alpha value is -0.860. The first kappa shape index (κ1) is 13.6. The Balaban J connectivity index is 1.86. The molecule has 1 heterocycles. The Kier molecular flexibility index (Phi) is 5.21. The van der Waals surface area contributed by atoms with Crippen LogP contribution in [0.25, 0.3) is 10.1 Å². The first-order chi connectivity index (χ1) is 8.81. The van der Waals surface area contributed by atoms with Crippen LogP contribution >= 0.6 is 11.3 Å². The third kappa shape index (κ3) is 3.56. The van der Waals surface area contributed by atoms with E-state index in [0.717, 1.165) is 17.7 Å². The van der Waals surface area contributed by atoms with E-state index in [0.29, 0.717) is 0 Å². The second kappa shape index (κ2) is 6.91. The van der Waals surface area contributed by atoms with Crippen LogP contribution in [0.1, 0.15) is 56.4 Å². The van der Waals surface area contributed by atoms with Gasteiger partial charge in [-0.1, -0.05) is 57.2 Å². The molecule has 0 aliphatic heterocycles. The molecular weight excluding hydrogens is 240 g/mol. The molecule has 0 fully saturated rings. The zero-order chi connectivity index (χ0) is 12.8. The lowest BCUT2D eigenvalue weighted by atomic mass is 10.1. The average molecular weight is 262 g/mol. The highest BCUT2D eigenvalue weighted by Gasteiger charge is 2.10. The molecule has 0 radical (unpaired) electrons. The molecule has 0 amide bonds. The summed E-state index contributed by atoms with van der Waals surface area (Å²) in [5.41, 5.74) is 0. The van der Waals surface area contributed by atoms with Gasteiger partial charge in [-0.15, -0.1) is 11.3 Å². The van der Waals surface area contributed by atoms with Crippen molar-refractivity contribution in [3.63, 3.8) is 0 Å². The third-order valence-electron chi connectivity index (χ3n) is 3.35. The molecule has 1 aromatic heterocycles. The standard InChI is InChI=1S/C16H22OS/c1-2-3-4-5-6-10-14(17)16-12-13-9-7-8-11-15(13)18-16/h7-9,11-12,14,17H,2-6,10H2,1H3. The van der Waals surface area contributed by atoms with E-state index in [1.54, 1.807) is 11.3 Å². The van der Waals surface area contributed by atoms with Crippen LogP contribution in [-0.4, -0.2) is 5.11 Å². The minimum atomic E-state index is -0.274. The number of thiophene rings is 1. The summed E-state index contributed by atoms with van der Waals surface area (Å²) >= 11 is 1.72. The van der Waals surface area contributed by atoms with Gasteiger partial charge in [0, 0.05) is 9.58 Å². The van der Waals surface area contributed by atoms with Crippen LogP contribution in [0.3, 0.4) is 0 Å². The first-order valence-corrected chi connectivity index (χ1v) is 7.79. The summed E-state index contributed by atoms with van der Waals surface area (Å²) in [4.78, 5) is 1.12. The SMILES string of the molecule is CCCCCCCC(O)c1cc2ccccc2s1. The predicted molar refractivity (Wildman–Crippen MR) is 80.2 cm³/mol. The molecule has 0 saturated carbocycles. The second-order valence-electron chi connectivity index (χ2n) is 4.91. The summed E-state index contributed by atoms with van der Waals surface area (Å²) in [5, 5.41) is 11.4. The molecule has 1 aromatic carbocycles. The number of unbranched alkanes of at least 4 members (excludes halogenated alkanes) is 4. The molecule has 0 aliphatic carbocycles. The highest BCUT2D eigenvalue weighted by atomic mass is 32.1. The number of hydrogen-bond acceptors (Lipinski definition) is 2. The van der Waals surface area contributed by atoms with Gasteiger partial charge in [0.15, 0.2) is 0 Å². The molecule has 2 rings (SSSR count). The van der Waals surface area contributed by atoms with Crippen LogP contribution in [0.2, 0.25) is 0 Å². The fraction of sp³-hybridized carbons (Fsp3) is 0.500. The van der Waals surface area contributed by atoms with Gasteiger partial charge in [0.1, 0.15) is 0 Å². The number of fused-ring (bicyclic) bond motifs is 1. The minimum absolute atomic E-state index is 0.274. The quantitative estimate of drug-likeness (QED) is 0.672. The van der Waals surface area contributed by atoms with Crippen LogP contribution in [0.5, 0.6) is 0 Å². The fourth-order valence-electron chi connectivity index (χ4n) is 2.25. The van der Waals surface area contributed by atoms with Gasteiger partial charge in [-0.2, -0.15) is 0 Å². The maximum atomic E-state index is 10.2. The van der Waals surface area contributed by atoms with Crippen molar-refractivity contribution in [1.29, 1.82) is 0 Å². The Morgan fingerprint density at radius 2 is 1.89 bits per heavy atom. The van der Waals surface area contributed by atoms with Crippen LogP contribution < -0.4 is 0 Å². The van der Waals surface area contributed by atoms with E-state index in [2.05, 4.69) is 37.3 Å². The van der Waals surface area contributed by atoms with E-state index in [-0.39, 0.29) is 6.10 Å². The second-order valence-corrected chi connectivity index (χ2v) is 6.02. The van der Waals surface area contributed by atoms with Crippen molar-refractivity contribution in [1.82, 2.24) is 0 Å². The van der Waals surface area contributed by atoms with Crippen molar-refractivity contribution in [2.45, 2.75) is 51.6 Å². The summed E-state index contributed by atoms with van der Waals surface area (Å²) in [5.74, 6) is 0. The topological polar surface area (TPSA) is 20.2 Å². The Labute approximate surface area is 113 Å². The van der Waals surface area contributed by atoms with E-state index < -0.39 is 0 Å². The monoisotopic (exact) mass is 262 g/mol. The lowest BCUT2D eigenvalue weighted by Gasteiger charge is -2.07. The van der Waals surface area contributed by atoms with Crippen LogP contribution in [0.4, 0.5) is 0 Å². The van der Waals surface area contributed by atoms with E-state index in [4.69, 9.17) is 0 Å². The van der Waals surface area contributed by atoms with Gasteiger partial charge >= 0.3 is 0 Å². The van der Waals surface area contributed by atoms with E-state index in [1.807, 2.05) is 0 Å². The zero-order valence-corrected chi connectivity index (χ0v) is 11.9. The molecule has 1 atom stereocenters. The fourth-order valence-corrected chi connectivity index (χ4v) is 3.34. The third-order valence-corrected chi connectivity index (χ3v) is 4.57. The Bertz CT molecular complexity index is 442. The molecule has 1 N–H and O–H groups in total. The summed E-state index contributed by atoms with van der Waals surface area (Å²) in [7, 11) is 0. The summed E-state index contributed by atoms with van der Waals surface area (Å²) < 4.78 is 1.28. The predicted octanol–water partition coefficient (Wildman–Crippen LogP) is 5.30. The number of hydrogen-bond donors (Lipinski definition) is 1. The van der Waals surface area contributed by atoms with Crippen molar-refractivity contribution >= 4 is 21.4 Å². The summed E-state index contributed by atoms with van der Waals surface area (Å²) in [6, 6.07) is 10.5. The van der Waals surface area contributed by atoms with E-state index in [9.17, 15) is 5.11 Å². The first-order valence-electron chi connectivity index (χ1n) is 6.98. The van der Waals surface area contributed by atoms with Crippen molar-refractivity contribution in [3.05, 3.63) is 35.2 Å². The lowest BCUT2D eigenvalue weighted by Crippen LogP contribution is -1.94. The van der Waals surface area contributed by atoms with E-state index >= 15 is 0 Å². The van der Waals surface area contributed by atoms with Gasteiger partial charge in [-0.3, -0.25) is 0 Å². The Morgan fingerprint density at radius 3 is 2.67 bits per heavy atom. The van der Waals surface area contributed by atoms with E-state index in [1.165, 1.54) is 35.8 Å². The summed E-state index contributed by atoms with van der Waals surface area (Å²) in [6.45, 7) is 2.23. The normalized spacial score (nSPS) is 13.0. The van der Waals surface area contributed by atoms with Gasteiger partial charge in [0.25, 0.3) is 0 Å². The number of benzene rings is 1. The smallest absolute Gasteiger partial charge is 0.0882 e. The maximum absolute atomic E-state index is 10.2. The molecule has 0 saturated heterocycles. The zero-order valence-electron chi connectivity index (χ0n) is 11.1. The van der Waals surface area contributed by atoms with Crippen molar-refractivity contribution < 1.29 is 5.11 Å². The molecule has 1 unspecified atom stereocenters. The van der Waals surface area contributed by atoms with Crippen LogP contribution in [0.15, 0.2) is 30.3 Å². The van der Waals surface area contributed by atoms with Gasteiger partial charge < -0.3 is 5.11 Å². The molecule has 2 aromatic rings. The number of aliphatic hydroxyl groups excluding tert-OH is 1. The molecule has 2 heteroatoms. The highest BCUT2D eigenvalue weighted by Crippen LogP contribution is 2.32. The van der Waals surface area contributed by atoms with Gasteiger partial charge in [-0.05, 0) is 23.9 Å². The molecule has 0 aliphatic rings. The molecule has 0 spiro atoms. The van der Waals surface area contributed by atoms with Gasteiger partial charge in [0.2, 0.25) is 0 Å². The summed E-state index contributed by atoms with van der Waals surface area (Å²) in [6.07, 6.45) is 6.90. The van der Waals surface area contributed by atoms with Crippen molar-refractivity contribution in [2.75, 3.05) is 0 Å². The molecule has 0 bridgehead atoms. The van der Waals surface area contributed by atoms with Crippen molar-refractivity contribution in [2.24, 2.45) is 0 Å². The Morgan fingerprint density at radius 1 is 1.11 bits per heavy atom. The van der Waals surface area contributed by atoms with Crippen molar-refractivity contribution in [3.8, 4) is 0 Å². The van der Waals surface area contributed by atoms with Crippen LogP contribution in [-0.2, 0) is 0 Å². The van der Waals surface area contributed by atoms with Gasteiger partial charge in [-0.25, -0.2) is 0 Å². The molecule has 18 heavy (non-hydrogen) atoms.